The lowest BCUT2D eigenvalue weighted by Gasteiger charge is -2.17. The van der Waals surface area contributed by atoms with Crippen LogP contribution in [0.3, 0.4) is 0 Å². The van der Waals surface area contributed by atoms with Crippen molar-refractivity contribution in [3.05, 3.63) is 83.4 Å². The molecule has 1 amide bonds. The minimum atomic E-state index is -4.64. The standard InChI is InChI=1S/C23H19ClF3N3OS2/c1-14(21(31)30-20-12-7-15(24)13-19(20)23(25,26)27)33-18-10-8-17(9-11-18)29-22(32)28-16-5-3-2-4-6-16/h2-14H,1H3,(H,30,31)(H2,28,29,32). The average Bonchev–Trinajstić information content (AvgIpc) is 2.76. The highest BCUT2D eigenvalue weighted by Gasteiger charge is 2.34. The first-order valence-electron chi connectivity index (χ1n) is 9.69. The van der Waals surface area contributed by atoms with Crippen LogP contribution in [0.2, 0.25) is 5.02 Å². The number of benzene rings is 3. The van der Waals surface area contributed by atoms with Gasteiger partial charge in [0.15, 0.2) is 5.11 Å². The lowest BCUT2D eigenvalue weighted by Crippen LogP contribution is -2.24. The third kappa shape index (κ3) is 7.38. The van der Waals surface area contributed by atoms with Crippen LogP contribution in [0.5, 0.6) is 0 Å². The van der Waals surface area contributed by atoms with Crippen molar-refractivity contribution in [3.8, 4) is 0 Å². The monoisotopic (exact) mass is 509 g/mol. The van der Waals surface area contributed by atoms with Crippen molar-refractivity contribution in [1.82, 2.24) is 0 Å². The van der Waals surface area contributed by atoms with Gasteiger partial charge in [-0.2, -0.15) is 13.2 Å². The lowest BCUT2D eigenvalue weighted by molar-refractivity contribution is -0.137. The van der Waals surface area contributed by atoms with Gasteiger partial charge in [-0.3, -0.25) is 4.79 Å². The number of alkyl halides is 3. The Hall–Kier alpha value is -2.75. The van der Waals surface area contributed by atoms with E-state index >= 15 is 0 Å². The topological polar surface area (TPSA) is 53.2 Å². The third-order valence-corrected chi connectivity index (χ3v) is 5.92. The van der Waals surface area contributed by atoms with Gasteiger partial charge in [0.25, 0.3) is 0 Å². The van der Waals surface area contributed by atoms with Crippen LogP contribution in [0.1, 0.15) is 12.5 Å². The van der Waals surface area contributed by atoms with Crippen LogP contribution in [0.25, 0.3) is 0 Å². The van der Waals surface area contributed by atoms with Gasteiger partial charge in [-0.25, -0.2) is 0 Å². The van der Waals surface area contributed by atoms with Gasteiger partial charge in [0.05, 0.1) is 16.5 Å². The molecule has 172 valence electrons. The van der Waals surface area contributed by atoms with Gasteiger partial charge in [0, 0.05) is 21.3 Å². The Morgan fingerprint density at radius 1 is 0.939 bits per heavy atom. The maximum atomic E-state index is 13.2. The van der Waals surface area contributed by atoms with E-state index in [1.807, 2.05) is 30.3 Å². The molecule has 0 aliphatic carbocycles. The van der Waals surface area contributed by atoms with Crippen LogP contribution in [0.4, 0.5) is 30.2 Å². The summed E-state index contributed by atoms with van der Waals surface area (Å²) in [6.45, 7) is 1.62. The van der Waals surface area contributed by atoms with Crippen LogP contribution in [0, 0.1) is 0 Å². The van der Waals surface area contributed by atoms with Gasteiger partial charge in [-0.1, -0.05) is 29.8 Å². The summed E-state index contributed by atoms with van der Waals surface area (Å²) in [5, 5.41) is 8.21. The Balaban J connectivity index is 1.58. The largest absolute Gasteiger partial charge is 0.418 e. The summed E-state index contributed by atoms with van der Waals surface area (Å²) < 4.78 is 39.7. The highest BCUT2D eigenvalue weighted by atomic mass is 35.5. The van der Waals surface area contributed by atoms with E-state index in [0.29, 0.717) is 5.11 Å². The number of hydrogen-bond donors (Lipinski definition) is 3. The molecule has 0 aromatic heterocycles. The predicted octanol–water partition coefficient (Wildman–Crippen LogP) is 7.29. The lowest BCUT2D eigenvalue weighted by atomic mass is 10.1. The Bertz CT molecular complexity index is 1130. The Labute approximate surface area is 203 Å². The first-order valence-corrected chi connectivity index (χ1v) is 11.4. The minimum absolute atomic E-state index is 0.0603. The van der Waals surface area contributed by atoms with E-state index in [1.165, 1.54) is 17.8 Å². The number of amides is 1. The first kappa shape index (κ1) is 24.9. The van der Waals surface area contributed by atoms with Crippen molar-refractivity contribution in [1.29, 1.82) is 0 Å². The van der Waals surface area contributed by atoms with Gasteiger partial charge in [0.1, 0.15) is 0 Å². The number of carbonyl (C=O) groups excluding carboxylic acids is 1. The summed E-state index contributed by atoms with van der Waals surface area (Å²) in [6.07, 6.45) is -4.64. The van der Waals surface area contributed by atoms with Crippen molar-refractivity contribution in [2.45, 2.75) is 23.2 Å². The molecular weight excluding hydrogens is 491 g/mol. The number of anilines is 3. The number of thioether (sulfide) groups is 1. The van der Waals surface area contributed by atoms with Crippen molar-refractivity contribution in [2.75, 3.05) is 16.0 Å². The second kappa shape index (κ2) is 10.9. The maximum absolute atomic E-state index is 13.2. The third-order valence-electron chi connectivity index (χ3n) is 4.37. The second-order valence-electron chi connectivity index (χ2n) is 6.91. The van der Waals surface area contributed by atoms with Gasteiger partial charge < -0.3 is 16.0 Å². The Kier molecular flexibility index (Phi) is 8.23. The molecule has 0 radical (unpaired) electrons. The van der Waals surface area contributed by atoms with Gasteiger partial charge in [-0.15, -0.1) is 11.8 Å². The van der Waals surface area contributed by atoms with Crippen molar-refractivity contribution >= 4 is 63.7 Å². The van der Waals surface area contributed by atoms with Crippen LogP contribution in [0.15, 0.2) is 77.7 Å². The van der Waals surface area contributed by atoms with Crippen molar-refractivity contribution in [2.24, 2.45) is 0 Å². The molecular formula is C23H19ClF3N3OS2. The molecule has 3 rings (SSSR count). The van der Waals surface area contributed by atoms with E-state index in [1.54, 1.807) is 31.2 Å². The van der Waals surface area contributed by atoms with E-state index in [-0.39, 0.29) is 10.7 Å². The number of rotatable bonds is 6. The van der Waals surface area contributed by atoms with E-state index in [2.05, 4.69) is 16.0 Å². The van der Waals surface area contributed by atoms with E-state index in [9.17, 15) is 18.0 Å². The van der Waals surface area contributed by atoms with E-state index in [0.717, 1.165) is 28.4 Å². The molecule has 1 unspecified atom stereocenters. The second-order valence-corrected chi connectivity index (χ2v) is 9.17. The molecule has 3 N–H and O–H groups in total. The molecule has 0 heterocycles. The molecule has 0 fully saturated rings. The number of halogens is 4. The number of hydrogen-bond acceptors (Lipinski definition) is 3. The van der Waals surface area contributed by atoms with Crippen LogP contribution in [-0.2, 0) is 11.0 Å². The van der Waals surface area contributed by atoms with Gasteiger partial charge in [0.2, 0.25) is 5.91 Å². The minimum Gasteiger partial charge on any atom is -0.332 e. The molecule has 3 aromatic carbocycles. The molecule has 0 spiro atoms. The highest BCUT2D eigenvalue weighted by molar-refractivity contribution is 8.00. The molecule has 0 saturated carbocycles. The molecule has 0 bridgehead atoms. The fraction of sp³-hybridized carbons (Fsp3) is 0.130. The summed E-state index contributed by atoms with van der Waals surface area (Å²) in [6, 6.07) is 19.9. The van der Waals surface area contributed by atoms with Crippen molar-refractivity contribution in [3.63, 3.8) is 0 Å². The van der Waals surface area contributed by atoms with Crippen molar-refractivity contribution < 1.29 is 18.0 Å². The molecule has 3 aromatic rings. The predicted molar refractivity (Wildman–Crippen MR) is 133 cm³/mol. The zero-order valence-corrected chi connectivity index (χ0v) is 19.6. The number of nitrogens with one attached hydrogen (secondary N) is 3. The summed E-state index contributed by atoms with van der Waals surface area (Å²) >= 11 is 12.2. The molecule has 1 atom stereocenters. The smallest absolute Gasteiger partial charge is 0.332 e. The molecule has 0 saturated heterocycles. The molecule has 10 heteroatoms. The number of carbonyl (C=O) groups is 1. The number of para-hydroxylation sites is 1. The highest BCUT2D eigenvalue weighted by Crippen LogP contribution is 2.37. The number of thiocarbonyl (C=S) groups is 1. The van der Waals surface area contributed by atoms with Crippen LogP contribution in [-0.4, -0.2) is 16.3 Å². The summed E-state index contributed by atoms with van der Waals surface area (Å²) in [5.74, 6) is -0.553. The van der Waals surface area contributed by atoms with Gasteiger partial charge >= 0.3 is 6.18 Å². The molecule has 0 aliphatic heterocycles. The fourth-order valence-electron chi connectivity index (χ4n) is 2.78. The normalized spacial score (nSPS) is 12.0. The van der Waals surface area contributed by atoms with Crippen LogP contribution < -0.4 is 16.0 Å². The van der Waals surface area contributed by atoms with E-state index < -0.39 is 22.9 Å². The molecule has 4 nitrogen and oxygen atoms in total. The maximum Gasteiger partial charge on any atom is 0.418 e. The SMILES string of the molecule is CC(Sc1ccc(NC(=S)Nc2ccccc2)cc1)C(=O)Nc1ccc(Cl)cc1C(F)(F)F. The Morgan fingerprint density at radius 3 is 2.15 bits per heavy atom. The van der Waals surface area contributed by atoms with E-state index in [4.69, 9.17) is 23.8 Å². The zero-order chi connectivity index (χ0) is 24.0. The first-order chi connectivity index (χ1) is 15.6. The average molecular weight is 510 g/mol. The fourth-order valence-corrected chi connectivity index (χ4v) is 4.06. The summed E-state index contributed by atoms with van der Waals surface area (Å²) in [4.78, 5) is 13.3. The van der Waals surface area contributed by atoms with Crippen LogP contribution >= 0.6 is 35.6 Å². The molecule has 33 heavy (non-hydrogen) atoms. The Morgan fingerprint density at radius 2 is 1.55 bits per heavy atom. The quantitative estimate of drug-likeness (QED) is 0.241. The zero-order valence-electron chi connectivity index (χ0n) is 17.2. The summed E-state index contributed by atoms with van der Waals surface area (Å²) in [7, 11) is 0. The van der Waals surface area contributed by atoms with Gasteiger partial charge in [-0.05, 0) is 73.7 Å². The molecule has 0 aliphatic rings. The summed E-state index contributed by atoms with van der Waals surface area (Å²) in [5.41, 5.74) is 0.289.